The molecule has 2 rings (SSSR count). The summed E-state index contributed by atoms with van der Waals surface area (Å²) in [6, 6.07) is 7.24. The summed E-state index contributed by atoms with van der Waals surface area (Å²) < 4.78 is 1.05. The van der Waals surface area contributed by atoms with E-state index in [1.807, 2.05) is 12.1 Å². The lowest BCUT2D eigenvalue weighted by molar-refractivity contribution is 0.0951. The Kier molecular flexibility index (Phi) is 4.29. The molecule has 5 nitrogen and oxygen atoms in total. The smallest absolute Gasteiger partial charge is 0.253 e. The Morgan fingerprint density at radius 2 is 2.22 bits per heavy atom. The van der Waals surface area contributed by atoms with Crippen LogP contribution in [-0.4, -0.2) is 10.9 Å². The van der Waals surface area contributed by atoms with E-state index in [2.05, 4.69) is 31.7 Å². The molecule has 0 saturated heterocycles. The molecule has 1 amide bonds. The molecule has 18 heavy (non-hydrogen) atoms. The number of amides is 1. The Morgan fingerprint density at radius 1 is 1.39 bits per heavy atom. The molecule has 0 fully saturated rings. The summed E-state index contributed by atoms with van der Waals surface area (Å²) in [6.45, 7) is 0.506. The second-order valence-electron chi connectivity index (χ2n) is 3.46. The minimum absolute atomic E-state index is 0.157. The van der Waals surface area contributed by atoms with E-state index in [1.165, 1.54) is 6.20 Å². The van der Waals surface area contributed by atoms with Gasteiger partial charge in [0.05, 0.1) is 15.9 Å². The monoisotopic (exact) mass is 326 g/mol. The molecule has 0 aliphatic rings. The highest BCUT2D eigenvalue weighted by Gasteiger charge is 2.06. The van der Waals surface area contributed by atoms with Crippen molar-refractivity contribution in [3.63, 3.8) is 0 Å². The van der Waals surface area contributed by atoms with Crippen molar-refractivity contribution >= 4 is 39.0 Å². The number of rotatable bonds is 4. The molecule has 0 unspecified atom stereocenters. The topological polar surface area (TPSA) is 80.0 Å². The summed E-state index contributed by atoms with van der Waals surface area (Å²) in [5.74, 6) is 5.56. The predicted octanol–water partition coefficient (Wildman–Crippen LogP) is 2.12. The van der Waals surface area contributed by atoms with Gasteiger partial charge in [-0.3, -0.25) is 4.79 Å². The van der Waals surface area contributed by atoms with Gasteiger partial charge in [-0.05, 0) is 40.2 Å². The average molecular weight is 327 g/mol. The van der Waals surface area contributed by atoms with Crippen molar-refractivity contribution in [2.75, 3.05) is 5.43 Å². The van der Waals surface area contributed by atoms with Crippen molar-refractivity contribution in [3.8, 4) is 0 Å². The van der Waals surface area contributed by atoms with Crippen molar-refractivity contribution in [3.05, 3.63) is 44.7 Å². The van der Waals surface area contributed by atoms with Crippen LogP contribution in [0.25, 0.3) is 0 Å². The number of anilines is 1. The van der Waals surface area contributed by atoms with Crippen LogP contribution in [-0.2, 0) is 6.54 Å². The van der Waals surface area contributed by atoms with Crippen LogP contribution >= 0.6 is 27.3 Å². The van der Waals surface area contributed by atoms with Gasteiger partial charge in [0.1, 0.15) is 5.82 Å². The van der Waals surface area contributed by atoms with Crippen LogP contribution < -0.4 is 16.6 Å². The SMILES string of the molecule is NNc1ccc(C(=O)NCc2ccc(Br)s2)cn1. The highest BCUT2D eigenvalue weighted by molar-refractivity contribution is 9.11. The molecule has 0 aliphatic heterocycles. The van der Waals surface area contributed by atoms with Gasteiger partial charge in [0.25, 0.3) is 5.91 Å². The number of hydrogen-bond acceptors (Lipinski definition) is 5. The summed E-state index contributed by atoms with van der Waals surface area (Å²) in [5.41, 5.74) is 2.91. The second kappa shape index (κ2) is 5.94. The molecular formula is C11H11BrN4OS. The van der Waals surface area contributed by atoms with Gasteiger partial charge < -0.3 is 10.7 Å². The Labute approximate surface area is 117 Å². The number of nitrogen functional groups attached to an aromatic ring is 1. The van der Waals surface area contributed by atoms with Gasteiger partial charge in [-0.2, -0.15) is 0 Å². The van der Waals surface area contributed by atoms with Crippen LogP contribution in [0.2, 0.25) is 0 Å². The van der Waals surface area contributed by atoms with Crippen LogP contribution in [0.15, 0.2) is 34.2 Å². The summed E-state index contributed by atoms with van der Waals surface area (Å²) in [6.07, 6.45) is 1.48. The van der Waals surface area contributed by atoms with Crippen LogP contribution in [0, 0.1) is 0 Å². The number of halogens is 1. The molecule has 0 bridgehead atoms. The quantitative estimate of drug-likeness (QED) is 0.594. The molecule has 4 N–H and O–H groups in total. The zero-order valence-corrected chi connectivity index (χ0v) is 11.7. The van der Waals surface area contributed by atoms with Gasteiger partial charge in [-0.15, -0.1) is 11.3 Å². The molecule has 0 radical (unpaired) electrons. The zero-order valence-electron chi connectivity index (χ0n) is 9.31. The fourth-order valence-electron chi connectivity index (χ4n) is 1.33. The standard InChI is InChI=1S/C11H11BrN4OS/c12-9-3-2-8(18-9)6-15-11(17)7-1-4-10(16-13)14-5-7/h1-5H,6,13H2,(H,14,16)(H,15,17). The highest BCUT2D eigenvalue weighted by Crippen LogP contribution is 2.21. The van der Waals surface area contributed by atoms with Gasteiger partial charge >= 0.3 is 0 Å². The first-order valence-electron chi connectivity index (χ1n) is 5.14. The number of nitrogens with zero attached hydrogens (tertiary/aromatic N) is 1. The summed E-state index contributed by atoms with van der Waals surface area (Å²) in [7, 11) is 0. The number of hydrazine groups is 1. The van der Waals surface area contributed by atoms with E-state index < -0.39 is 0 Å². The fraction of sp³-hybridized carbons (Fsp3) is 0.0909. The van der Waals surface area contributed by atoms with E-state index in [0.29, 0.717) is 17.9 Å². The molecule has 2 heterocycles. The van der Waals surface area contributed by atoms with Crippen molar-refractivity contribution in [2.24, 2.45) is 5.84 Å². The van der Waals surface area contributed by atoms with Crippen molar-refractivity contribution in [2.45, 2.75) is 6.54 Å². The van der Waals surface area contributed by atoms with Crippen molar-refractivity contribution in [1.29, 1.82) is 0 Å². The van der Waals surface area contributed by atoms with E-state index in [9.17, 15) is 4.79 Å². The molecule has 0 aliphatic carbocycles. The number of carbonyl (C=O) groups is 1. The minimum Gasteiger partial charge on any atom is -0.347 e. The molecular weight excluding hydrogens is 316 g/mol. The maximum atomic E-state index is 11.8. The number of nitrogens with one attached hydrogen (secondary N) is 2. The van der Waals surface area contributed by atoms with E-state index >= 15 is 0 Å². The maximum Gasteiger partial charge on any atom is 0.253 e. The highest BCUT2D eigenvalue weighted by atomic mass is 79.9. The Morgan fingerprint density at radius 3 is 2.78 bits per heavy atom. The first kappa shape index (κ1) is 13.0. The van der Waals surface area contributed by atoms with Crippen molar-refractivity contribution < 1.29 is 4.79 Å². The fourth-order valence-corrected chi connectivity index (χ4v) is 2.75. The van der Waals surface area contributed by atoms with E-state index in [4.69, 9.17) is 5.84 Å². The number of hydrogen-bond donors (Lipinski definition) is 3. The number of aromatic nitrogens is 1. The first-order valence-corrected chi connectivity index (χ1v) is 6.75. The molecule has 0 spiro atoms. The van der Waals surface area contributed by atoms with Gasteiger partial charge in [-0.25, -0.2) is 10.8 Å². The largest absolute Gasteiger partial charge is 0.347 e. The molecule has 7 heteroatoms. The molecule has 2 aromatic heterocycles. The summed E-state index contributed by atoms with van der Waals surface area (Å²) in [5, 5.41) is 2.83. The normalized spacial score (nSPS) is 10.1. The minimum atomic E-state index is -0.157. The third-order valence-corrected chi connectivity index (χ3v) is 3.85. The van der Waals surface area contributed by atoms with E-state index in [1.54, 1.807) is 23.5 Å². The lowest BCUT2D eigenvalue weighted by Gasteiger charge is -2.04. The Balaban J connectivity index is 1.94. The van der Waals surface area contributed by atoms with Crippen LogP contribution in [0.5, 0.6) is 0 Å². The average Bonchev–Trinajstić information content (AvgIpc) is 2.82. The van der Waals surface area contributed by atoms with Gasteiger partial charge in [0.2, 0.25) is 0 Å². The number of nitrogens with two attached hydrogens (primary N) is 1. The Hall–Kier alpha value is -1.44. The second-order valence-corrected chi connectivity index (χ2v) is 6.01. The van der Waals surface area contributed by atoms with Crippen molar-refractivity contribution in [1.82, 2.24) is 10.3 Å². The maximum absolute atomic E-state index is 11.8. The van der Waals surface area contributed by atoms with Gasteiger partial charge in [0.15, 0.2) is 0 Å². The van der Waals surface area contributed by atoms with Gasteiger partial charge in [0, 0.05) is 11.1 Å². The van der Waals surface area contributed by atoms with E-state index in [0.717, 1.165) is 8.66 Å². The summed E-state index contributed by atoms with van der Waals surface area (Å²) in [4.78, 5) is 16.9. The first-order chi connectivity index (χ1) is 8.69. The zero-order chi connectivity index (χ0) is 13.0. The van der Waals surface area contributed by atoms with E-state index in [-0.39, 0.29) is 5.91 Å². The third kappa shape index (κ3) is 3.28. The van der Waals surface area contributed by atoms with Crippen LogP contribution in [0.1, 0.15) is 15.2 Å². The van der Waals surface area contributed by atoms with Crippen LogP contribution in [0.3, 0.4) is 0 Å². The van der Waals surface area contributed by atoms with Crippen LogP contribution in [0.4, 0.5) is 5.82 Å². The molecule has 94 valence electrons. The summed E-state index contributed by atoms with van der Waals surface area (Å²) >= 11 is 4.97. The van der Waals surface area contributed by atoms with Gasteiger partial charge in [-0.1, -0.05) is 0 Å². The number of carbonyl (C=O) groups excluding carboxylic acids is 1. The third-order valence-electron chi connectivity index (χ3n) is 2.23. The predicted molar refractivity (Wildman–Crippen MR) is 75.2 cm³/mol. The Bertz CT molecular complexity index is 540. The molecule has 0 saturated carbocycles. The molecule has 2 aromatic rings. The lowest BCUT2D eigenvalue weighted by Crippen LogP contribution is -2.22. The molecule has 0 atom stereocenters. The lowest BCUT2D eigenvalue weighted by atomic mass is 10.2. The number of pyridine rings is 1. The molecule has 0 aromatic carbocycles. The number of thiophene rings is 1.